The highest BCUT2D eigenvalue weighted by molar-refractivity contribution is 5.99. The van der Waals surface area contributed by atoms with Gasteiger partial charge in [0.2, 0.25) is 17.8 Å². The molecular formula is C33H45N9O2. The number of benzene rings is 1. The smallest absolute Gasteiger partial charge is 0.249 e. The standard InChI is InChI=1S/C33H45N9O2/c1-7-28(23(2)3)31-38-33(42-18-14-25(34)15-19-42)39-32(41(31)6)36-22-24-10-8-11-26(20-24)44-27-13-16-35-29(21-27)37-30(43)12-9-17-40(4)5/h7-13,16,20-21,23,25H,1,14-15,17-19,22,34H2,2-6H3,(H,35,37,43)(H,36,38,39)/b12-9+,31-28+. The summed E-state index contributed by atoms with van der Waals surface area (Å²) in [5.41, 5.74) is 8.22. The van der Waals surface area contributed by atoms with Crippen LogP contribution in [0.1, 0.15) is 32.3 Å². The van der Waals surface area contributed by atoms with Crippen LogP contribution in [-0.4, -0.2) is 84.3 Å². The number of nitrogens with zero attached hydrogens (tertiary/aromatic N) is 6. The molecule has 4 rings (SSSR count). The molecule has 1 saturated heterocycles. The van der Waals surface area contributed by atoms with E-state index < -0.39 is 0 Å². The fourth-order valence-electron chi connectivity index (χ4n) is 4.85. The third-order valence-corrected chi connectivity index (χ3v) is 7.29. The van der Waals surface area contributed by atoms with E-state index in [9.17, 15) is 4.79 Å². The minimum Gasteiger partial charge on any atom is -0.457 e. The van der Waals surface area contributed by atoms with E-state index in [1.165, 1.54) is 6.08 Å². The van der Waals surface area contributed by atoms with Crippen LogP contribution in [0.15, 0.2) is 88.8 Å². The van der Waals surface area contributed by atoms with Gasteiger partial charge in [0.25, 0.3) is 0 Å². The first-order chi connectivity index (χ1) is 21.1. The molecule has 0 atom stereocenters. The second kappa shape index (κ2) is 15.3. The van der Waals surface area contributed by atoms with Gasteiger partial charge in [-0.3, -0.25) is 9.69 Å². The lowest BCUT2D eigenvalue weighted by Gasteiger charge is -2.38. The van der Waals surface area contributed by atoms with E-state index in [0.29, 0.717) is 36.4 Å². The highest BCUT2D eigenvalue weighted by Gasteiger charge is 2.28. The Labute approximate surface area is 260 Å². The number of nitrogens with one attached hydrogen (secondary N) is 2. The highest BCUT2D eigenvalue weighted by Crippen LogP contribution is 2.25. The number of guanidine groups is 2. The van der Waals surface area contributed by atoms with Crippen molar-refractivity contribution in [2.24, 2.45) is 21.6 Å². The van der Waals surface area contributed by atoms with Crippen molar-refractivity contribution in [2.45, 2.75) is 39.3 Å². The van der Waals surface area contributed by atoms with Crippen LogP contribution in [0.2, 0.25) is 0 Å². The number of likely N-dealkylation sites (tertiary alicyclic amines) is 1. The van der Waals surface area contributed by atoms with Crippen molar-refractivity contribution < 1.29 is 9.53 Å². The Morgan fingerprint density at radius 2 is 2.00 bits per heavy atom. The summed E-state index contributed by atoms with van der Waals surface area (Å²) >= 11 is 0. The minimum absolute atomic E-state index is 0.225. The van der Waals surface area contributed by atoms with Gasteiger partial charge < -0.3 is 30.9 Å². The van der Waals surface area contributed by atoms with Crippen LogP contribution < -0.4 is 21.1 Å². The number of aliphatic imine (C=N–C) groups is 2. The molecule has 1 fully saturated rings. The lowest BCUT2D eigenvalue weighted by Crippen LogP contribution is -2.53. The van der Waals surface area contributed by atoms with Crippen LogP contribution in [0.4, 0.5) is 5.82 Å². The average molecular weight is 600 g/mol. The Bertz CT molecular complexity index is 1440. The van der Waals surface area contributed by atoms with Gasteiger partial charge >= 0.3 is 0 Å². The molecule has 2 aromatic rings. The van der Waals surface area contributed by atoms with Gasteiger partial charge in [0, 0.05) is 51.1 Å². The quantitative estimate of drug-likeness (QED) is 0.348. The molecule has 0 unspecified atom stereocenters. The molecule has 1 aromatic heterocycles. The van der Waals surface area contributed by atoms with Crippen molar-refractivity contribution in [1.82, 2.24) is 25.0 Å². The molecule has 0 saturated carbocycles. The van der Waals surface area contributed by atoms with E-state index >= 15 is 0 Å². The van der Waals surface area contributed by atoms with Gasteiger partial charge in [-0.25, -0.2) is 9.98 Å². The zero-order chi connectivity index (χ0) is 31.6. The van der Waals surface area contributed by atoms with E-state index in [1.807, 2.05) is 61.3 Å². The number of hydrogen-bond donors (Lipinski definition) is 3. The number of amides is 1. The second-order valence-corrected chi connectivity index (χ2v) is 11.5. The number of anilines is 1. The van der Waals surface area contributed by atoms with E-state index in [0.717, 1.165) is 48.8 Å². The fraction of sp³-hybridized carbons (Fsp3) is 0.394. The van der Waals surface area contributed by atoms with E-state index in [4.69, 9.17) is 20.5 Å². The van der Waals surface area contributed by atoms with Gasteiger partial charge in [-0.2, -0.15) is 4.99 Å². The number of pyridine rings is 1. The summed E-state index contributed by atoms with van der Waals surface area (Å²) in [6, 6.07) is 11.4. The predicted molar refractivity (Wildman–Crippen MR) is 177 cm³/mol. The minimum atomic E-state index is -0.248. The number of carbonyl (C=O) groups excluding carboxylic acids is 1. The van der Waals surface area contributed by atoms with Crippen molar-refractivity contribution in [2.75, 3.05) is 46.1 Å². The van der Waals surface area contributed by atoms with Gasteiger partial charge in [-0.1, -0.05) is 44.7 Å². The van der Waals surface area contributed by atoms with Crippen LogP contribution >= 0.6 is 0 Å². The molecule has 234 valence electrons. The number of allylic oxidation sites excluding steroid dienone is 2. The summed E-state index contributed by atoms with van der Waals surface area (Å²) in [7, 11) is 5.85. The summed E-state index contributed by atoms with van der Waals surface area (Å²) in [4.78, 5) is 32.5. The Morgan fingerprint density at radius 1 is 1.25 bits per heavy atom. The molecule has 0 spiro atoms. The van der Waals surface area contributed by atoms with Crippen LogP contribution in [0.3, 0.4) is 0 Å². The number of hydrogen-bond acceptors (Lipinski definition) is 8. The molecule has 1 amide bonds. The fourth-order valence-corrected chi connectivity index (χ4v) is 4.85. The van der Waals surface area contributed by atoms with Crippen LogP contribution in [-0.2, 0) is 11.3 Å². The van der Waals surface area contributed by atoms with E-state index in [1.54, 1.807) is 24.4 Å². The monoisotopic (exact) mass is 599 g/mol. The zero-order valence-electron chi connectivity index (χ0n) is 26.5. The molecule has 0 radical (unpaired) electrons. The Morgan fingerprint density at radius 3 is 2.70 bits per heavy atom. The van der Waals surface area contributed by atoms with Gasteiger partial charge in [-0.05, 0) is 62.2 Å². The molecule has 2 aliphatic heterocycles. The lowest BCUT2D eigenvalue weighted by molar-refractivity contribution is -0.111. The zero-order valence-corrected chi connectivity index (χ0v) is 26.5. The van der Waals surface area contributed by atoms with Crippen molar-refractivity contribution in [3.63, 3.8) is 0 Å². The van der Waals surface area contributed by atoms with E-state index in [-0.39, 0.29) is 17.9 Å². The summed E-state index contributed by atoms with van der Waals surface area (Å²) in [6.45, 7) is 11.1. The molecule has 0 bridgehead atoms. The number of likely N-dealkylation sites (N-methyl/N-ethyl adjacent to an activating group) is 1. The Balaban J connectivity index is 1.50. The normalized spacial score (nSPS) is 18.1. The molecule has 11 heteroatoms. The van der Waals surface area contributed by atoms with Crippen LogP contribution in [0, 0.1) is 5.92 Å². The van der Waals surface area contributed by atoms with E-state index in [2.05, 4.69) is 40.9 Å². The first-order valence-electron chi connectivity index (χ1n) is 15.0. The number of piperidine rings is 1. The molecule has 44 heavy (non-hydrogen) atoms. The predicted octanol–water partition coefficient (Wildman–Crippen LogP) is 4.15. The third-order valence-electron chi connectivity index (χ3n) is 7.29. The summed E-state index contributed by atoms with van der Waals surface area (Å²) in [6.07, 6.45) is 8.63. The summed E-state index contributed by atoms with van der Waals surface area (Å²) < 4.78 is 6.11. The maximum absolute atomic E-state index is 12.2. The van der Waals surface area contributed by atoms with Crippen LogP contribution in [0.5, 0.6) is 11.5 Å². The first kappa shape index (κ1) is 32.4. The first-order valence-corrected chi connectivity index (χ1v) is 15.0. The van der Waals surface area contributed by atoms with Gasteiger partial charge in [0.15, 0.2) is 0 Å². The Kier molecular flexibility index (Phi) is 11.3. The Hall–Kier alpha value is -4.48. The number of carbonyl (C=O) groups is 1. The topological polar surface area (TPSA) is 124 Å². The molecular weight excluding hydrogens is 554 g/mol. The second-order valence-electron chi connectivity index (χ2n) is 11.5. The van der Waals surface area contributed by atoms with Crippen molar-refractivity contribution in [1.29, 1.82) is 0 Å². The highest BCUT2D eigenvalue weighted by atomic mass is 16.5. The average Bonchev–Trinajstić information content (AvgIpc) is 2.98. The molecule has 11 nitrogen and oxygen atoms in total. The van der Waals surface area contributed by atoms with Gasteiger partial charge in [0.1, 0.15) is 23.1 Å². The number of nitrogens with two attached hydrogens (primary N) is 1. The molecule has 3 heterocycles. The van der Waals surface area contributed by atoms with Gasteiger partial charge in [-0.15, -0.1) is 0 Å². The third kappa shape index (κ3) is 9.01. The number of aromatic nitrogens is 1. The maximum atomic E-state index is 12.2. The number of rotatable bonds is 10. The van der Waals surface area contributed by atoms with Crippen molar-refractivity contribution >= 4 is 23.6 Å². The maximum Gasteiger partial charge on any atom is 0.249 e. The molecule has 0 aliphatic carbocycles. The summed E-state index contributed by atoms with van der Waals surface area (Å²) in [5.74, 6) is 3.97. The number of ether oxygens (including phenoxy) is 1. The van der Waals surface area contributed by atoms with Crippen molar-refractivity contribution in [3.8, 4) is 11.5 Å². The summed E-state index contributed by atoms with van der Waals surface area (Å²) in [5, 5.41) is 6.32. The van der Waals surface area contributed by atoms with Crippen molar-refractivity contribution in [3.05, 3.63) is 84.4 Å². The molecule has 1 aromatic carbocycles. The lowest BCUT2D eigenvalue weighted by atomic mass is 10.0. The molecule has 4 N–H and O–H groups in total. The van der Waals surface area contributed by atoms with Crippen LogP contribution in [0.25, 0.3) is 0 Å². The van der Waals surface area contributed by atoms with Gasteiger partial charge in [0.05, 0.1) is 6.54 Å². The SMILES string of the molecule is C=C/C(=C1/NC(N2CCC(N)CC2)=NC(=NCc2cccc(Oc3ccnc(NC(=O)/C=C/CN(C)C)c3)c2)N1C)C(C)C. The largest absolute Gasteiger partial charge is 0.457 e. The molecule has 2 aliphatic rings.